The normalized spacial score (nSPS) is 14.4. The van der Waals surface area contributed by atoms with Crippen LogP contribution < -0.4 is 10.5 Å². The molecule has 2 N–H and O–H groups in total. The Hall–Kier alpha value is -1.55. The second kappa shape index (κ2) is 5.68. The summed E-state index contributed by atoms with van der Waals surface area (Å²) in [6, 6.07) is 9.52. The summed E-state index contributed by atoms with van der Waals surface area (Å²) >= 11 is 0. The highest BCUT2D eigenvalue weighted by molar-refractivity contribution is 5.71. The van der Waals surface area contributed by atoms with Crippen molar-refractivity contribution in [2.45, 2.75) is 25.3 Å². The van der Waals surface area contributed by atoms with E-state index in [2.05, 4.69) is 0 Å². The van der Waals surface area contributed by atoms with E-state index in [1.807, 2.05) is 18.2 Å². The number of hydrogen-bond acceptors (Lipinski definition) is 3. The molecule has 4 heteroatoms. The SMILES string of the molecule is NCCCN(C(=O)Oc1ccccc1)C1CC1. The monoisotopic (exact) mass is 234 g/mol. The maximum absolute atomic E-state index is 12.0. The summed E-state index contributed by atoms with van der Waals surface area (Å²) in [5.74, 6) is 0.593. The molecule has 0 unspecified atom stereocenters. The van der Waals surface area contributed by atoms with E-state index in [1.165, 1.54) is 0 Å². The first-order chi connectivity index (χ1) is 8.31. The molecule has 0 aliphatic heterocycles. The van der Waals surface area contributed by atoms with Crippen LogP contribution in [0.2, 0.25) is 0 Å². The van der Waals surface area contributed by atoms with E-state index in [0.29, 0.717) is 24.9 Å². The fraction of sp³-hybridized carbons (Fsp3) is 0.462. The molecule has 1 amide bonds. The summed E-state index contributed by atoms with van der Waals surface area (Å²) in [5, 5.41) is 0. The van der Waals surface area contributed by atoms with E-state index < -0.39 is 0 Å². The highest BCUT2D eigenvalue weighted by Gasteiger charge is 2.33. The predicted molar refractivity (Wildman–Crippen MR) is 65.9 cm³/mol. The summed E-state index contributed by atoms with van der Waals surface area (Å²) in [6.45, 7) is 1.29. The second-order valence-electron chi connectivity index (χ2n) is 4.25. The van der Waals surface area contributed by atoms with Crippen molar-refractivity contribution >= 4 is 6.09 Å². The van der Waals surface area contributed by atoms with Crippen molar-refractivity contribution in [2.24, 2.45) is 5.73 Å². The van der Waals surface area contributed by atoms with Crippen molar-refractivity contribution < 1.29 is 9.53 Å². The third-order valence-corrected chi connectivity index (χ3v) is 2.77. The number of nitrogens with zero attached hydrogens (tertiary/aromatic N) is 1. The number of amides is 1. The fourth-order valence-electron chi connectivity index (χ4n) is 1.72. The summed E-state index contributed by atoms with van der Waals surface area (Å²) in [5.41, 5.74) is 5.47. The van der Waals surface area contributed by atoms with Gasteiger partial charge in [0.1, 0.15) is 5.75 Å². The Labute approximate surface area is 101 Å². The van der Waals surface area contributed by atoms with Gasteiger partial charge in [0.25, 0.3) is 0 Å². The summed E-state index contributed by atoms with van der Waals surface area (Å²) in [6.07, 6.45) is 2.72. The van der Waals surface area contributed by atoms with Crippen molar-refractivity contribution in [3.63, 3.8) is 0 Å². The van der Waals surface area contributed by atoms with Gasteiger partial charge in [-0.1, -0.05) is 18.2 Å². The van der Waals surface area contributed by atoms with Gasteiger partial charge in [-0.25, -0.2) is 4.79 Å². The number of rotatable bonds is 5. The van der Waals surface area contributed by atoms with Crippen molar-refractivity contribution in [3.05, 3.63) is 30.3 Å². The number of carbonyl (C=O) groups excluding carboxylic acids is 1. The smallest absolute Gasteiger partial charge is 0.410 e. The number of nitrogens with two attached hydrogens (primary N) is 1. The minimum atomic E-state index is -0.257. The summed E-state index contributed by atoms with van der Waals surface area (Å²) in [7, 11) is 0. The van der Waals surface area contributed by atoms with E-state index >= 15 is 0 Å². The molecule has 1 fully saturated rings. The van der Waals surface area contributed by atoms with Crippen molar-refractivity contribution in [1.82, 2.24) is 4.90 Å². The molecule has 0 saturated heterocycles. The van der Waals surface area contributed by atoms with Crippen LogP contribution in [-0.2, 0) is 0 Å². The minimum absolute atomic E-state index is 0.257. The maximum Gasteiger partial charge on any atom is 0.415 e. The first kappa shape index (κ1) is 11.9. The quantitative estimate of drug-likeness (QED) is 0.847. The molecule has 0 aromatic heterocycles. The van der Waals surface area contributed by atoms with Crippen LogP contribution in [0.5, 0.6) is 5.75 Å². The Morgan fingerprint density at radius 1 is 1.35 bits per heavy atom. The van der Waals surface area contributed by atoms with E-state index in [-0.39, 0.29) is 6.09 Å². The average Bonchev–Trinajstić information content (AvgIpc) is 3.15. The van der Waals surface area contributed by atoms with Crippen molar-refractivity contribution in [1.29, 1.82) is 0 Å². The van der Waals surface area contributed by atoms with Gasteiger partial charge in [0.15, 0.2) is 0 Å². The van der Waals surface area contributed by atoms with Crippen LogP contribution in [0.15, 0.2) is 30.3 Å². The van der Waals surface area contributed by atoms with Gasteiger partial charge in [-0.15, -0.1) is 0 Å². The molecular formula is C13H18N2O2. The first-order valence-electron chi connectivity index (χ1n) is 6.05. The van der Waals surface area contributed by atoms with Gasteiger partial charge < -0.3 is 15.4 Å². The Morgan fingerprint density at radius 3 is 2.65 bits per heavy atom. The average molecular weight is 234 g/mol. The highest BCUT2D eigenvalue weighted by atomic mass is 16.6. The van der Waals surface area contributed by atoms with Crippen molar-refractivity contribution in [2.75, 3.05) is 13.1 Å². The molecule has 1 aromatic rings. The van der Waals surface area contributed by atoms with Crippen LogP contribution in [0.3, 0.4) is 0 Å². The number of hydrogen-bond donors (Lipinski definition) is 1. The molecule has 2 rings (SSSR count). The standard InChI is InChI=1S/C13H18N2O2/c14-9-4-10-15(11-7-8-11)13(16)17-12-5-2-1-3-6-12/h1-3,5-6,11H,4,7-10,14H2. The maximum atomic E-state index is 12.0. The lowest BCUT2D eigenvalue weighted by atomic mass is 10.3. The van der Waals surface area contributed by atoms with Gasteiger partial charge in [0.2, 0.25) is 0 Å². The van der Waals surface area contributed by atoms with Crippen molar-refractivity contribution in [3.8, 4) is 5.75 Å². The lowest BCUT2D eigenvalue weighted by molar-refractivity contribution is 0.149. The first-order valence-corrected chi connectivity index (χ1v) is 6.05. The molecule has 0 heterocycles. The minimum Gasteiger partial charge on any atom is -0.410 e. The zero-order chi connectivity index (χ0) is 12.1. The van der Waals surface area contributed by atoms with Gasteiger partial charge >= 0.3 is 6.09 Å². The Kier molecular flexibility index (Phi) is 3.98. The Bertz CT molecular complexity index is 363. The fourth-order valence-corrected chi connectivity index (χ4v) is 1.72. The lowest BCUT2D eigenvalue weighted by Gasteiger charge is -2.21. The number of carbonyl (C=O) groups is 1. The van der Waals surface area contributed by atoms with E-state index in [0.717, 1.165) is 19.3 Å². The largest absolute Gasteiger partial charge is 0.415 e. The molecule has 0 radical (unpaired) electrons. The predicted octanol–water partition coefficient (Wildman–Crippen LogP) is 2.00. The van der Waals surface area contributed by atoms with E-state index in [1.54, 1.807) is 17.0 Å². The lowest BCUT2D eigenvalue weighted by Crippen LogP contribution is -2.37. The topological polar surface area (TPSA) is 55.6 Å². The molecular weight excluding hydrogens is 216 g/mol. The number of para-hydroxylation sites is 1. The number of ether oxygens (including phenoxy) is 1. The van der Waals surface area contributed by atoms with Crippen LogP contribution in [0.4, 0.5) is 4.79 Å². The molecule has 1 saturated carbocycles. The molecule has 0 atom stereocenters. The zero-order valence-corrected chi connectivity index (χ0v) is 9.84. The van der Waals surface area contributed by atoms with Gasteiger partial charge in [0, 0.05) is 12.6 Å². The van der Waals surface area contributed by atoms with Gasteiger partial charge in [0.05, 0.1) is 0 Å². The summed E-state index contributed by atoms with van der Waals surface area (Å²) in [4.78, 5) is 13.8. The van der Waals surface area contributed by atoms with Crippen LogP contribution in [0.25, 0.3) is 0 Å². The van der Waals surface area contributed by atoms with E-state index in [9.17, 15) is 4.79 Å². The molecule has 0 spiro atoms. The molecule has 1 aromatic carbocycles. The Morgan fingerprint density at radius 2 is 2.06 bits per heavy atom. The van der Waals surface area contributed by atoms with E-state index in [4.69, 9.17) is 10.5 Å². The number of benzene rings is 1. The molecule has 92 valence electrons. The molecule has 1 aliphatic carbocycles. The van der Waals surface area contributed by atoms with Crippen LogP contribution in [-0.4, -0.2) is 30.1 Å². The van der Waals surface area contributed by atoms with Gasteiger partial charge in [-0.2, -0.15) is 0 Å². The zero-order valence-electron chi connectivity index (χ0n) is 9.84. The van der Waals surface area contributed by atoms with Gasteiger partial charge in [-0.3, -0.25) is 0 Å². The van der Waals surface area contributed by atoms with Crippen LogP contribution in [0.1, 0.15) is 19.3 Å². The molecule has 0 bridgehead atoms. The third kappa shape index (κ3) is 3.46. The molecule has 1 aliphatic rings. The molecule has 4 nitrogen and oxygen atoms in total. The second-order valence-corrected chi connectivity index (χ2v) is 4.25. The highest BCUT2D eigenvalue weighted by Crippen LogP contribution is 2.27. The summed E-state index contributed by atoms with van der Waals surface area (Å²) < 4.78 is 5.32. The third-order valence-electron chi connectivity index (χ3n) is 2.77. The van der Waals surface area contributed by atoms with Crippen LogP contribution >= 0.6 is 0 Å². The van der Waals surface area contributed by atoms with Crippen LogP contribution in [0, 0.1) is 0 Å². The van der Waals surface area contributed by atoms with Gasteiger partial charge in [-0.05, 0) is 37.9 Å². The Balaban J connectivity index is 1.92. The molecule has 17 heavy (non-hydrogen) atoms.